The van der Waals surface area contributed by atoms with Crippen molar-refractivity contribution in [2.45, 2.75) is 24.3 Å². The Morgan fingerprint density at radius 1 is 1.44 bits per heavy atom. The highest BCUT2D eigenvalue weighted by Crippen LogP contribution is 2.17. The number of halogens is 2. The molecule has 0 aromatic heterocycles. The summed E-state index contributed by atoms with van der Waals surface area (Å²) in [5.74, 6) is -0.541. The minimum absolute atomic E-state index is 0. The van der Waals surface area contributed by atoms with Crippen molar-refractivity contribution in [3.8, 4) is 0 Å². The molecule has 18 heavy (non-hydrogen) atoms. The lowest BCUT2D eigenvalue weighted by atomic mass is 10.2. The largest absolute Gasteiger partial charge is 0.315 e. The highest BCUT2D eigenvalue weighted by atomic mass is 35.5. The first-order valence-corrected chi connectivity index (χ1v) is 6.96. The molecule has 1 aliphatic heterocycles. The van der Waals surface area contributed by atoms with Crippen molar-refractivity contribution in [1.29, 1.82) is 0 Å². The summed E-state index contributed by atoms with van der Waals surface area (Å²) in [5, 5.41) is 3.07. The molecule has 1 unspecified atom stereocenters. The third kappa shape index (κ3) is 3.41. The van der Waals surface area contributed by atoms with Gasteiger partial charge in [0, 0.05) is 12.6 Å². The summed E-state index contributed by atoms with van der Waals surface area (Å²) >= 11 is 0. The first-order valence-electron chi connectivity index (χ1n) is 5.48. The van der Waals surface area contributed by atoms with Gasteiger partial charge >= 0.3 is 0 Å². The fourth-order valence-corrected chi connectivity index (χ4v) is 3.43. The second-order valence-corrected chi connectivity index (χ2v) is 5.90. The Morgan fingerprint density at radius 2 is 2.17 bits per heavy atom. The van der Waals surface area contributed by atoms with Gasteiger partial charge < -0.3 is 5.32 Å². The molecule has 1 heterocycles. The topological polar surface area (TPSA) is 58.2 Å². The Hall–Kier alpha value is -0.690. The molecule has 1 fully saturated rings. The smallest absolute Gasteiger partial charge is 0.241 e. The number of hydrogen-bond acceptors (Lipinski definition) is 3. The summed E-state index contributed by atoms with van der Waals surface area (Å²) in [4.78, 5) is 0.0180. The van der Waals surface area contributed by atoms with Gasteiger partial charge in [0.1, 0.15) is 5.82 Å². The first kappa shape index (κ1) is 15.4. The molecule has 0 aliphatic carbocycles. The predicted octanol–water partition coefficient (Wildman–Crippen LogP) is 1.20. The van der Waals surface area contributed by atoms with E-state index in [0.717, 1.165) is 19.0 Å². The fourth-order valence-electron chi connectivity index (χ4n) is 1.90. The van der Waals surface area contributed by atoms with Gasteiger partial charge in [0.2, 0.25) is 10.0 Å². The van der Waals surface area contributed by atoms with E-state index in [-0.39, 0.29) is 23.3 Å². The number of sulfonamides is 1. The molecule has 0 radical (unpaired) electrons. The molecule has 1 aromatic carbocycles. The van der Waals surface area contributed by atoms with Crippen LogP contribution in [0.3, 0.4) is 0 Å². The molecular formula is C11H16ClFN2O2S. The van der Waals surface area contributed by atoms with Crippen molar-refractivity contribution in [2.24, 2.45) is 0 Å². The number of rotatable bonds is 3. The van der Waals surface area contributed by atoms with Crippen LogP contribution in [-0.4, -0.2) is 27.5 Å². The van der Waals surface area contributed by atoms with Gasteiger partial charge in [-0.3, -0.25) is 0 Å². The van der Waals surface area contributed by atoms with Gasteiger partial charge in [-0.05, 0) is 37.6 Å². The maximum absolute atomic E-state index is 13.1. The monoisotopic (exact) mass is 294 g/mol. The van der Waals surface area contributed by atoms with Crippen LogP contribution in [0.1, 0.15) is 12.0 Å². The molecular weight excluding hydrogens is 279 g/mol. The van der Waals surface area contributed by atoms with E-state index in [9.17, 15) is 12.8 Å². The fraction of sp³-hybridized carbons (Fsp3) is 0.455. The van der Waals surface area contributed by atoms with E-state index in [4.69, 9.17) is 0 Å². The van der Waals surface area contributed by atoms with Crippen molar-refractivity contribution < 1.29 is 12.8 Å². The number of nitrogens with one attached hydrogen (secondary N) is 2. The Bertz CT molecular complexity index is 516. The standard InChI is InChI=1S/C11H15FN2O2S.ClH/c1-8-2-3-9(12)6-11(8)17(15,16)14-10-4-5-13-7-10;/h2-3,6,10,13-14H,4-5,7H2,1H3;1H. The summed E-state index contributed by atoms with van der Waals surface area (Å²) in [7, 11) is -3.63. The molecule has 1 atom stereocenters. The molecule has 0 saturated carbocycles. The summed E-state index contributed by atoms with van der Waals surface area (Å²) < 4.78 is 39.8. The Labute approximate surface area is 112 Å². The lowest BCUT2D eigenvalue weighted by Crippen LogP contribution is -2.36. The van der Waals surface area contributed by atoms with Crippen molar-refractivity contribution in [1.82, 2.24) is 10.0 Å². The maximum Gasteiger partial charge on any atom is 0.241 e. The number of aryl methyl sites for hydroxylation is 1. The van der Waals surface area contributed by atoms with Crippen LogP contribution in [0.25, 0.3) is 0 Å². The molecule has 1 saturated heterocycles. The summed E-state index contributed by atoms with van der Waals surface area (Å²) in [6.07, 6.45) is 0.758. The van der Waals surface area contributed by atoms with Crippen LogP contribution >= 0.6 is 12.4 Å². The third-order valence-electron chi connectivity index (χ3n) is 2.82. The van der Waals surface area contributed by atoms with E-state index in [1.165, 1.54) is 12.1 Å². The zero-order valence-corrected chi connectivity index (χ0v) is 11.6. The van der Waals surface area contributed by atoms with E-state index in [2.05, 4.69) is 10.0 Å². The SMILES string of the molecule is Cc1ccc(F)cc1S(=O)(=O)NC1CCNC1.Cl. The van der Waals surface area contributed by atoms with E-state index in [1.807, 2.05) is 0 Å². The molecule has 1 aliphatic rings. The second-order valence-electron chi connectivity index (χ2n) is 4.22. The Kier molecular flexibility index (Phi) is 5.10. The second kappa shape index (κ2) is 5.97. The Balaban J connectivity index is 0.00000162. The van der Waals surface area contributed by atoms with Crippen molar-refractivity contribution in [2.75, 3.05) is 13.1 Å². The molecule has 1 aromatic rings. The van der Waals surface area contributed by atoms with E-state index < -0.39 is 15.8 Å². The Morgan fingerprint density at radius 3 is 2.78 bits per heavy atom. The molecule has 0 spiro atoms. The van der Waals surface area contributed by atoms with Crippen LogP contribution in [0.2, 0.25) is 0 Å². The molecule has 2 N–H and O–H groups in total. The third-order valence-corrected chi connectivity index (χ3v) is 4.48. The molecule has 7 heteroatoms. The van der Waals surface area contributed by atoms with Gasteiger partial charge in [0.25, 0.3) is 0 Å². The maximum atomic E-state index is 13.1. The van der Waals surface area contributed by atoms with Gasteiger partial charge in [-0.25, -0.2) is 17.5 Å². The highest BCUT2D eigenvalue weighted by molar-refractivity contribution is 7.89. The van der Waals surface area contributed by atoms with Crippen LogP contribution < -0.4 is 10.0 Å². The summed E-state index contributed by atoms with van der Waals surface area (Å²) in [5.41, 5.74) is 0.546. The summed E-state index contributed by atoms with van der Waals surface area (Å²) in [6.45, 7) is 3.07. The minimum Gasteiger partial charge on any atom is -0.315 e. The van der Waals surface area contributed by atoms with E-state index in [0.29, 0.717) is 12.1 Å². The first-order chi connectivity index (χ1) is 7.99. The van der Waals surface area contributed by atoms with Crippen molar-refractivity contribution >= 4 is 22.4 Å². The van der Waals surface area contributed by atoms with Crippen molar-refractivity contribution in [3.63, 3.8) is 0 Å². The molecule has 102 valence electrons. The van der Waals surface area contributed by atoms with Gasteiger partial charge in [-0.2, -0.15) is 0 Å². The summed E-state index contributed by atoms with van der Waals surface area (Å²) in [6, 6.07) is 3.67. The van der Waals surface area contributed by atoms with Crippen LogP contribution in [-0.2, 0) is 10.0 Å². The quantitative estimate of drug-likeness (QED) is 0.881. The highest BCUT2D eigenvalue weighted by Gasteiger charge is 2.24. The predicted molar refractivity (Wildman–Crippen MR) is 70.0 cm³/mol. The van der Waals surface area contributed by atoms with Crippen LogP contribution in [0, 0.1) is 12.7 Å². The van der Waals surface area contributed by atoms with Crippen LogP contribution in [0.4, 0.5) is 4.39 Å². The average molecular weight is 295 g/mol. The number of hydrogen-bond donors (Lipinski definition) is 2. The number of benzene rings is 1. The molecule has 2 rings (SSSR count). The van der Waals surface area contributed by atoms with Crippen LogP contribution in [0.15, 0.2) is 23.1 Å². The van der Waals surface area contributed by atoms with Crippen molar-refractivity contribution in [3.05, 3.63) is 29.6 Å². The van der Waals surface area contributed by atoms with Gasteiger partial charge in [-0.1, -0.05) is 6.07 Å². The van der Waals surface area contributed by atoms with Crippen LogP contribution in [0.5, 0.6) is 0 Å². The molecule has 0 amide bonds. The lowest BCUT2D eigenvalue weighted by Gasteiger charge is -2.13. The molecule has 4 nitrogen and oxygen atoms in total. The van der Waals surface area contributed by atoms with E-state index in [1.54, 1.807) is 6.92 Å². The normalized spacial score (nSPS) is 19.6. The zero-order valence-electron chi connectivity index (χ0n) is 9.94. The molecule has 0 bridgehead atoms. The minimum atomic E-state index is -3.63. The average Bonchev–Trinajstić information content (AvgIpc) is 2.73. The lowest BCUT2D eigenvalue weighted by molar-refractivity contribution is 0.557. The van der Waals surface area contributed by atoms with E-state index >= 15 is 0 Å². The van der Waals surface area contributed by atoms with Gasteiger partial charge in [0.05, 0.1) is 4.90 Å². The van der Waals surface area contributed by atoms with Gasteiger partial charge in [0.15, 0.2) is 0 Å². The zero-order chi connectivity index (χ0) is 12.5. The van der Waals surface area contributed by atoms with Gasteiger partial charge in [-0.15, -0.1) is 12.4 Å².